The molecule has 1 saturated heterocycles. The number of aliphatic hydroxyl groups is 1. The maximum absolute atomic E-state index is 13.3. The molecule has 1 N–H and O–H groups in total. The lowest BCUT2D eigenvalue weighted by molar-refractivity contribution is -0.284. The van der Waals surface area contributed by atoms with Crippen molar-refractivity contribution in [2.24, 2.45) is 0 Å². The molecule has 4 aromatic carbocycles. The number of hydrogen-bond acceptors (Lipinski definition) is 10. The Morgan fingerprint density at radius 3 is 1.25 bits per heavy atom. The van der Waals surface area contributed by atoms with Crippen LogP contribution in [0.4, 0.5) is 0 Å². The van der Waals surface area contributed by atoms with E-state index in [2.05, 4.69) is 0 Å². The molecule has 0 bridgehead atoms. The summed E-state index contributed by atoms with van der Waals surface area (Å²) in [7, 11) is 0. The van der Waals surface area contributed by atoms with Crippen LogP contribution < -0.4 is 0 Å². The van der Waals surface area contributed by atoms with Crippen molar-refractivity contribution in [3.05, 3.63) is 144 Å². The number of esters is 4. The van der Waals surface area contributed by atoms with Crippen molar-refractivity contribution in [3.8, 4) is 0 Å². The first-order valence-electron chi connectivity index (χ1n) is 13.7. The molecule has 0 aliphatic carbocycles. The molecule has 0 aromatic heterocycles. The van der Waals surface area contributed by atoms with E-state index < -0.39 is 61.2 Å². The number of hydrogen-bond donors (Lipinski definition) is 1. The van der Waals surface area contributed by atoms with Gasteiger partial charge in [-0.1, -0.05) is 72.8 Å². The number of benzene rings is 4. The highest BCUT2D eigenvalue weighted by atomic mass is 16.7. The summed E-state index contributed by atoms with van der Waals surface area (Å²) in [5.41, 5.74) is 0.736. The summed E-state index contributed by atoms with van der Waals surface area (Å²) in [6.45, 7) is -0.504. The Balaban J connectivity index is 1.48. The average molecular weight is 597 g/mol. The van der Waals surface area contributed by atoms with E-state index in [1.807, 2.05) is 0 Å². The standard InChI is InChI=1S/C34H28O10/c35-30(22-13-5-1-6-14-22)40-21-26-27(42-31(36)23-15-7-2-8-16-23)28(43-32(37)24-17-9-3-10-18-24)29(34(39)41-26)44-33(38)25-19-11-4-12-20-25/h1-20,26-29,34,39H,21H2/t26?,27-,28?,29+,34?/m1/s1. The van der Waals surface area contributed by atoms with E-state index in [-0.39, 0.29) is 22.3 Å². The largest absolute Gasteiger partial charge is 0.459 e. The summed E-state index contributed by atoms with van der Waals surface area (Å²) in [6.07, 6.45) is -7.89. The molecule has 1 aliphatic rings. The maximum atomic E-state index is 13.3. The van der Waals surface area contributed by atoms with E-state index in [9.17, 15) is 24.3 Å². The second-order valence-electron chi connectivity index (χ2n) is 9.74. The van der Waals surface area contributed by atoms with Crippen molar-refractivity contribution in [2.45, 2.75) is 30.7 Å². The second kappa shape index (κ2) is 14.2. The lowest BCUT2D eigenvalue weighted by atomic mass is 9.97. The Morgan fingerprint density at radius 2 is 0.841 bits per heavy atom. The zero-order chi connectivity index (χ0) is 30.9. The van der Waals surface area contributed by atoms with Gasteiger partial charge in [-0.15, -0.1) is 0 Å². The third-order valence-electron chi connectivity index (χ3n) is 6.76. The Labute approximate surface area is 252 Å². The Hall–Kier alpha value is -5.32. The van der Waals surface area contributed by atoms with Crippen LogP contribution in [0.1, 0.15) is 41.4 Å². The molecule has 44 heavy (non-hydrogen) atoms. The average Bonchev–Trinajstić information content (AvgIpc) is 3.07. The molecule has 5 atom stereocenters. The molecule has 0 spiro atoms. The molecular weight excluding hydrogens is 568 g/mol. The smallest absolute Gasteiger partial charge is 0.338 e. The SMILES string of the molecule is O=C(OCC1OC(O)[C@@H](OC(=O)c2ccccc2)C(OC(=O)c2ccccc2)[C@@H]1OC(=O)c1ccccc1)c1ccccc1. The molecular formula is C34H28O10. The van der Waals surface area contributed by atoms with Crippen LogP contribution in [0.5, 0.6) is 0 Å². The molecule has 4 aromatic rings. The molecule has 10 heteroatoms. The predicted octanol–water partition coefficient (Wildman–Crippen LogP) is 4.24. The molecule has 1 aliphatic heterocycles. The van der Waals surface area contributed by atoms with Crippen LogP contribution in [0.25, 0.3) is 0 Å². The molecule has 10 nitrogen and oxygen atoms in total. The van der Waals surface area contributed by atoms with Crippen molar-refractivity contribution in [1.29, 1.82) is 0 Å². The fourth-order valence-electron chi connectivity index (χ4n) is 4.54. The van der Waals surface area contributed by atoms with Gasteiger partial charge in [0.15, 0.2) is 24.6 Å². The number of aliphatic hydroxyl groups excluding tert-OH is 1. The number of rotatable bonds is 9. The fraction of sp³-hybridized carbons (Fsp3) is 0.176. The predicted molar refractivity (Wildman–Crippen MR) is 155 cm³/mol. The molecule has 224 valence electrons. The van der Waals surface area contributed by atoms with E-state index in [0.29, 0.717) is 0 Å². The summed E-state index contributed by atoms with van der Waals surface area (Å²) in [5, 5.41) is 11.1. The molecule has 0 amide bonds. The monoisotopic (exact) mass is 596 g/mol. The third kappa shape index (κ3) is 7.35. The Morgan fingerprint density at radius 1 is 0.500 bits per heavy atom. The van der Waals surface area contributed by atoms with Gasteiger partial charge in [0.05, 0.1) is 22.3 Å². The van der Waals surface area contributed by atoms with Crippen molar-refractivity contribution >= 4 is 23.9 Å². The van der Waals surface area contributed by atoms with Crippen LogP contribution in [0.2, 0.25) is 0 Å². The highest BCUT2D eigenvalue weighted by Crippen LogP contribution is 2.30. The van der Waals surface area contributed by atoms with E-state index in [0.717, 1.165) is 0 Å². The van der Waals surface area contributed by atoms with Gasteiger partial charge < -0.3 is 28.8 Å². The second-order valence-corrected chi connectivity index (χ2v) is 9.74. The molecule has 3 unspecified atom stereocenters. The van der Waals surface area contributed by atoms with E-state index in [4.69, 9.17) is 23.7 Å². The van der Waals surface area contributed by atoms with Crippen molar-refractivity contribution in [2.75, 3.05) is 6.61 Å². The van der Waals surface area contributed by atoms with Gasteiger partial charge >= 0.3 is 23.9 Å². The van der Waals surface area contributed by atoms with Crippen molar-refractivity contribution in [1.82, 2.24) is 0 Å². The zero-order valence-electron chi connectivity index (χ0n) is 23.3. The van der Waals surface area contributed by atoms with E-state index >= 15 is 0 Å². The van der Waals surface area contributed by atoms with Crippen LogP contribution in [-0.4, -0.2) is 66.3 Å². The lowest BCUT2D eigenvalue weighted by Gasteiger charge is -2.42. The van der Waals surface area contributed by atoms with Gasteiger partial charge in [0, 0.05) is 0 Å². The summed E-state index contributed by atoms with van der Waals surface area (Å²) in [6, 6.07) is 32.1. The van der Waals surface area contributed by atoms with Gasteiger partial charge in [0.1, 0.15) is 12.7 Å². The van der Waals surface area contributed by atoms with Crippen LogP contribution in [0, 0.1) is 0 Å². The molecule has 0 radical (unpaired) electrons. The van der Waals surface area contributed by atoms with Crippen molar-refractivity contribution < 1.29 is 48.0 Å². The quantitative estimate of drug-likeness (QED) is 0.221. The van der Waals surface area contributed by atoms with Gasteiger partial charge in [-0.25, -0.2) is 19.2 Å². The van der Waals surface area contributed by atoms with Crippen LogP contribution in [0.15, 0.2) is 121 Å². The minimum atomic E-state index is -1.86. The van der Waals surface area contributed by atoms with Gasteiger partial charge in [-0.2, -0.15) is 0 Å². The summed E-state index contributed by atoms with van der Waals surface area (Å²) in [4.78, 5) is 52.3. The van der Waals surface area contributed by atoms with Crippen LogP contribution in [-0.2, 0) is 23.7 Å². The Bertz CT molecular complexity index is 1560. The first kappa shape index (κ1) is 30.1. The summed E-state index contributed by atoms with van der Waals surface area (Å²) >= 11 is 0. The first-order chi connectivity index (χ1) is 21.4. The molecule has 1 heterocycles. The lowest BCUT2D eigenvalue weighted by Crippen LogP contribution is -2.62. The summed E-state index contributed by atoms with van der Waals surface area (Å²) in [5.74, 6) is -3.21. The number of carbonyl (C=O) groups excluding carboxylic acids is 4. The van der Waals surface area contributed by atoms with Crippen molar-refractivity contribution in [3.63, 3.8) is 0 Å². The molecule has 1 fully saturated rings. The first-order valence-corrected chi connectivity index (χ1v) is 13.7. The number of ether oxygens (including phenoxy) is 5. The maximum Gasteiger partial charge on any atom is 0.338 e. The van der Waals surface area contributed by atoms with E-state index in [1.165, 1.54) is 36.4 Å². The van der Waals surface area contributed by atoms with E-state index in [1.54, 1.807) is 84.9 Å². The highest BCUT2D eigenvalue weighted by molar-refractivity contribution is 5.91. The van der Waals surface area contributed by atoms with Gasteiger partial charge in [0.2, 0.25) is 0 Å². The minimum absolute atomic E-state index is 0.154. The third-order valence-corrected chi connectivity index (χ3v) is 6.76. The van der Waals surface area contributed by atoms with Crippen LogP contribution >= 0.6 is 0 Å². The van der Waals surface area contributed by atoms with Gasteiger partial charge in [-0.05, 0) is 48.5 Å². The van der Waals surface area contributed by atoms with Gasteiger partial charge in [0.25, 0.3) is 0 Å². The topological polar surface area (TPSA) is 135 Å². The highest BCUT2D eigenvalue weighted by Gasteiger charge is 2.52. The number of carbonyl (C=O) groups is 4. The molecule has 0 saturated carbocycles. The normalized spacial score (nSPS) is 21.0. The Kier molecular flexibility index (Phi) is 9.75. The summed E-state index contributed by atoms with van der Waals surface area (Å²) < 4.78 is 28.4. The fourth-order valence-corrected chi connectivity index (χ4v) is 4.54. The van der Waals surface area contributed by atoms with Crippen LogP contribution in [0.3, 0.4) is 0 Å². The molecule has 5 rings (SSSR count). The zero-order valence-corrected chi connectivity index (χ0v) is 23.3. The van der Waals surface area contributed by atoms with Gasteiger partial charge in [-0.3, -0.25) is 0 Å². The minimum Gasteiger partial charge on any atom is -0.459 e.